The van der Waals surface area contributed by atoms with E-state index in [1.54, 1.807) is 18.2 Å². The topological polar surface area (TPSA) is 65.8 Å². The summed E-state index contributed by atoms with van der Waals surface area (Å²) in [5.74, 6) is 0.194. The fourth-order valence-corrected chi connectivity index (χ4v) is 2.41. The van der Waals surface area contributed by atoms with Crippen molar-refractivity contribution in [2.75, 3.05) is 0 Å². The first-order valence-corrected chi connectivity index (χ1v) is 6.55. The van der Waals surface area contributed by atoms with Crippen LogP contribution in [0.25, 0.3) is 16.5 Å². The van der Waals surface area contributed by atoms with Crippen molar-refractivity contribution in [3.63, 3.8) is 0 Å². The normalized spacial score (nSPS) is 17.7. The third-order valence-electron chi connectivity index (χ3n) is 3.22. The zero-order valence-electron chi connectivity index (χ0n) is 11.7. The molecule has 0 aromatic heterocycles. The second-order valence-corrected chi connectivity index (χ2v) is 5.82. The van der Waals surface area contributed by atoms with Crippen molar-refractivity contribution in [2.24, 2.45) is 10.5 Å². The van der Waals surface area contributed by atoms with Crippen LogP contribution in [0.2, 0.25) is 0 Å². The first-order chi connectivity index (χ1) is 9.48. The molecule has 0 radical (unpaired) electrons. The molecule has 0 amide bonds. The predicted octanol–water partition coefficient (Wildman–Crippen LogP) is 4.96. The van der Waals surface area contributed by atoms with Crippen LogP contribution >= 0.6 is 0 Å². The molecule has 4 heteroatoms. The van der Waals surface area contributed by atoms with E-state index in [1.165, 1.54) is 0 Å². The minimum Gasteiger partial charge on any atom is -0.295 e. The summed E-state index contributed by atoms with van der Waals surface area (Å²) in [6, 6.07) is 7.31. The van der Waals surface area contributed by atoms with Crippen LogP contribution in [-0.2, 0) is 4.79 Å². The van der Waals surface area contributed by atoms with Gasteiger partial charge in [0, 0.05) is 17.0 Å². The molecule has 102 valence electrons. The smallest absolute Gasteiger partial charge is 0.156 e. The highest BCUT2D eigenvalue weighted by molar-refractivity contribution is 5.92. The molecule has 0 saturated heterocycles. The number of ketones is 1. The van der Waals surface area contributed by atoms with Gasteiger partial charge in [0.25, 0.3) is 0 Å². The number of carbonyl (C=O) groups is 1. The van der Waals surface area contributed by atoms with Gasteiger partial charge < -0.3 is 0 Å². The van der Waals surface area contributed by atoms with Crippen LogP contribution in [0.15, 0.2) is 47.1 Å². The lowest BCUT2D eigenvalue weighted by atomic mass is 9.77. The Morgan fingerprint density at radius 1 is 1.20 bits per heavy atom. The van der Waals surface area contributed by atoms with Gasteiger partial charge in [-0.05, 0) is 34.6 Å². The second-order valence-electron chi connectivity index (χ2n) is 5.82. The van der Waals surface area contributed by atoms with Crippen LogP contribution in [0, 0.1) is 5.41 Å². The largest absolute Gasteiger partial charge is 0.295 e. The standard InChI is InChI=1S/C16H17N3O/c1-16(2)10-13(9-15(20)11-16)4-3-12-5-7-14(8-6-12)18-19-17/h3-9H,10-11H2,1-2H3. The monoisotopic (exact) mass is 267 g/mol. The molecule has 0 spiro atoms. The fourth-order valence-electron chi connectivity index (χ4n) is 2.41. The van der Waals surface area contributed by atoms with Crippen molar-refractivity contribution >= 4 is 17.5 Å². The highest BCUT2D eigenvalue weighted by atomic mass is 16.1. The van der Waals surface area contributed by atoms with Crippen molar-refractivity contribution < 1.29 is 4.79 Å². The van der Waals surface area contributed by atoms with Crippen LogP contribution in [0.3, 0.4) is 0 Å². The van der Waals surface area contributed by atoms with Gasteiger partial charge in [0.1, 0.15) is 0 Å². The van der Waals surface area contributed by atoms with Crippen molar-refractivity contribution in [2.45, 2.75) is 26.7 Å². The van der Waals surface area contributed by atoms with Gasteiger partial charge in [0.05, 0.1) is 0 Å². The Morgan fingerprint density at radius 2 is 1.90 bits per heavy atom. The lowest BCUT2D eigenvalue weighted by Crippen LogP contribution is -2.21. The van der Waals surface area contributed by atoms with Gasteiger partial charge in [0.2, 0.25) is 0 Å². The van der Waals surface area contributed by atoms with Gasteiger partial charge in [-0.25, -0.2) is 0 Å². The maximum Gasteiger partial charge on any atom is 0.156 e. The number of rotatable bonds is 3. The molecule has 1 aromatic rings. The third kappa shape index (κ3) is 3.84. The summed E-state index contributed by atoms with van der Waals surface area (Å²) in [7, 11) is 0. The Kier molecular flexibility index (Phi) is 4.06. The average Bonchev–Trinajstić information content (AvgIpc) is 2.36. The molecule has 0 saturated carbocycles. The Balaban J connectivity index is 2.13. The van der Waals surface area contributed by atoms with E-state index in [1.807, 2.05) is 24.3 Å². The van der Waals surface area contributed by atoms with Crippen LogP contribution in [0.1, 0.15) is 32.3 Å². The summed E-state index contributed by atoms with van der Waals surface area (Å²) < 4.78 is 0. The van der Waals surface area contributed by atoms with E-state index in [4.69, 9.17) is 5.53 Å². The quantitative estimate of drug-likeness (QED) is 0.433. The molecule has 1 aliphatic carbocycles. The number of carbonyl (C=O) groups excluding carboxylic acids is 1. The first-order valence-electron chi connectivity index (χ1n) is 6.55. The fraction of sp³-hybridized carbons (Fsp3) is 0.312. The highest BCUT2D eigenvalue weighted by Gasteiger charge is 2.26. The van der Waals surface area contributed by atoms with Crippen molar-refractivity contribution in [3.05, 3.63) is 58.0 Å². The summed E-state index contributed by atoms with van der Waals surface area (Å²) in [4.78, 5) is 14.4. The number of benzene rings is 1. The minimum absolute atomic E-state index is 0.0386. The van der Waals surface area contributed by atoms with Gasteiger partial charge in [-0.3, -0.25) is 4.79 Å². The zero-order valence-corrected chi connectivity index (χ0v) is 11.7. The number of allylic oxidation sites excluding steroid dienone is 3. The summed E-state index contributed by atoms with van der Waals surface area (Å²) in [5.41, 5.74) is 11.0. The molecule has 0 N–H and O–H groups in total. The van der Waals surface area contributed by atoms with Crippen LogP contribution in [-0.4, -0.2) is 5.78 Å². The Bertz CT molecular complexity index is 618. The van der Waals surface area contributed by atoms with E-state index >= 15 is 0 Å². The van der Waals surface area contributed by atoms with Crippen LogP contribution in [0.5, 0.6) is 0 Å². The molecule has 0 fully saturated rings. The summed E-state index contributed by atoms with van der Waals surface area (Å²) in [5, 5.41) is 3.53. The molecule has 20 heavy (non-hydrogen) atoms. The molecular weight excluding hydrogens is 250 g/mol. The summed E-state index contributed by atoms with van der Waals surface area (Å²) in [6.45, 7) is 4.22. The van der Waals surface area contributed by atoms with Gasteiger partial charge >= 0.3 is 0 Å². The summed E-state index contributed by atoms with van der Waals surface area (Å²) in [6.07, 6.45) is 7.22. The highest BCUT2D eigenvalue weighted by Crippen LogP contribution is 2.34. The van der Waals surface area contributed by atoms with E-state index < -0.39 is 0 Å². The molecule has 4 nitrogen and oxygen atoms in total. The van der Waals surface area contributed by atoms with Gasteiger partial charge in [0.15, 0.2) is 5.78 Å². The van der Waals surface area contributed by atoms with E-state index in [0.717, 1.165) is 17.6 Å². The van der Waals surface area contributed by atoms with Crippen molar-refractivity contribution in [3.8, 4) is 0 Å². The van der Waals surface area contributed by atoms with Gasteiger partial charge in [-0.2, -0.15) is 0 Å². The average molecular weight is 267 g/mol. The van der Waals surface area contributed by atoms with Crippen molar-refractivity contribution in [1.29, 1.82) is 0 Å². The van der Waals surface area contributed by atoms with E-state index in [-0.39, 0.29) is 11.2 Å². The Morgan fingerprint density at radius 3 is 2.50 bits per heavy atom. The summed E-state index contributed by atoms with van der Waals surface area (Å²) >= 11 is 0. The van der Waals surface area contributed by atoms with E-state index in [0.29, 0.717) is 12.1 Å². The SMILES string of the molecule is CC1(C)CC(=O)C=C(C=Cc2ccc(N=[N+]=[N-])cc2)C1. The molecule has 2 rings (SSSR count). The van der Waals surface area contributed by atoms with E-state index in [9.17, 15) is 4.79 Å². The second kappa shape index (κ2) is 5.76. The number of hydrogen-bond donors (Lipinski definition) is 0. The maximum atomic E-state index is 11.7. The molecule has 0 aliphatic heterocycles. The lowest BCUT2D eigenvalue weighted by Gasteiger charge is -2.27. The Hall–Kier alpha value is -2.32. The molecule has 0 unspecified atom stereocenters. The van der Waals surface area contributed by atoms with E-state index in [2.05, 4.69) is 23.9 Å². The molecule has 0 atom stereocenters. The number of azide groups is 1. The maximum absolute atomic E-state index is 11.7. The van der Waals surface area contributed by atoms with Gasteiger partial charge in [-0.15, -0.1) is 0 Å². The Labute approximate surface area is 118 Å². The first kappa shape index (κ1) is 14.1. The molecule has 0 heterocycles. The van der Waals surface area contributed by atoms with Gasteiger partial charge in [-0.1, -0.05) is 55.4 Å². The van der Waals surface area contributed by atoms with Crippen LogP contribution in [0.4, 0.5) is 5.69 Å². The lowest BCUT2D eigenvalue weighted by molar-refractivity contribution is -0.116. The zero-order chi connectivity index (χ0) is 14.6. The molecule has 0 bridgehead atoms. The predicted molar refractivity (Wildman–Crippen MR) is 80.4 cm³/mol. The molecular formula is C16H17N3O. The molecule has 1 aliphatic rings. The third-order valence-corrected chi connectivity index (χ3v) is 3.22. The number of nitrogens with zero attached hydrogens (tertiary/aromatic N) is 3. The van der Waals surface area contributed by atoms with Crippen LogP contribution < -0.4 is 0 Å². The van der Waals surface area contributed by atoms with Crippen molar-refractivity contribution in [1.82, 2.24) is 0 Å². The number of hydrogen-bond acceptors (Lipinski definition) is 2. The minimum atomic E-state index is 0.0386. The molecule has 1 aromatic carbocycles.